The topological polar surface area (TPSA) is 153 Å². The van der Waals surface area contributed by atoms with Crippen LogP contribution in [-0.4, -0.2) is 25.7 Å². The number of nitro benzene ring substituents is 2. The number of benzene rings is 3. The van der Waals surface area contributed by atoms with Crippen molar-refractivity contribution >= 4 is 61.3 Å². The van der Waals surface area contributed by atoms with Crippen LogP contribution in [0.2, 0.25) is 0 Å². The van der Waals surface area contributed by atoms with Crippen LogP contribution in [0.5, 0.6) is 0 Å². The monoisotopic (exact) mass is 508 g/mol. The van der Waals surface area contributed by atoms with Gasteiger partial charge in [-0.2, -0.15) is 0 Å². The summed E-state index contributed by atoms with van der Waals surface area (Å²) in [6, 6.07) is 15.1. The summed E-state index contributed by atoms with van der Waals surface area (Å²) < 4.78 is 0.880. The molecule has 4 aromatic rings. The van der Waals surface area contributed by atoms with Crippen LogP contribution in [0.3, 0.4) is 0 Å². The molecule has 3 aromatic carbocycles. The highest BCUT2D eigenvalue weighted by atomic mass is 79.9. The van der Waals surface area contributed by atoms with Crippen molar-refractivity contribution in [2.45, 2.75) is 0 Å². The first-order valence-corrected chi connectivity index (χ1v) is 10.1. The molecule has 11 nitrogen and oxygen atoms in total. The van der Waals surface area contributed by atoms with E-state index in [4.69, 9.17) is 0 Å². The number of carbonyl (C=O) groups excluding carboxylic acids is 1. The molecular weight excluding hydrogens is 496 g/mol. The van der Waals surface area contributed by atoms with Crippen molar-refractivity contribution in [3.8, 4) is 0 Å². The molecule has 0 radical (unpaired) electrons. The third-order valence-corrected chi connectivity index (χ3v) is 5.06. The van der Waals surface area contributed by atoms with Crippen molar-refractivity contribution in [1.82, 2.24) is 9.97 Å². The number of nitrogens with zero attached hydrogens (tertiary/aromatic N) is 4. The fourth-order valence-electron chi connectivity index (χ4n) is 3.08. The molecule has 2 N–H and O–H groups in total. The number of carbonyl (C=O) groups is 1. The predicted molar refractivity (Wildman–Crippen MR) is 125 cm³/mol. The van der Waals surface area contributed by atoms with Crippen LogP contribution in [0.15, 0.2) is 71.5 Å². The average Bonchev–Trinajstić information content (AvgIpc) is 2.79. The van der Waals surface area contributed by atoms with Gasteiger partial charge >= 0.3 is 0 Å². The molecule has 0 saturated heterocycles. The summed E-state index contributed by atoms with van der Waals surface area (Å²) in [4.78, 5) is 41.8. The first kappa shape index (κ1) is 21.8. The molecule has 0 aliphatic rings. The smallest absolute Gasteiger partial charge is 0.277 e. The lowest BCUT2D eigenvalue weighted by molar-refractivity contribution is -0.394. The number of amides is 1. The van der Waals surface area contributed by atoms with Gasteiger partial charge in [-0.3, -0.25) is 25.0 Å². The van der Waals surface area contributed by atoms with E-state index in [1.54, 1.807) is 18.2 Å². The number of anilines is 3. The largest absolute Gasteiger partial charge is 0.340 e. The molecule has 0 atom stereocenters. The number of fused-ring (bicyclic) bond motifs is 1. The minimum absolute atomic E-state index is 0.215. The SMILES string of the molecule is O=C(Nc1ccc2ncnc(Nc3cccc(Br)c3)c2c1)c1cc([N+](=O)[O-])cc([N+](=O)[O-])c1. The van der Waals surface area contributed by atoms with Crippen LogP contribution in [0, 0.1) is 20.2 Å². The van der Waals surface area contributed by atoms with E-state index in [2.05, 4.69) is 36.5 Å². The molecule has 4 rings (SSSR count). The third kappa shape index (κ3) is 4.91. The van der Waals surface area contributed by atoms with Gasteiger partial charge in [0.1, 0.15) is 12.1 Å². The fourth-order valence-corrected chi connectivity index (χ4v) is 3.48. The quantitative estimate of drug-likeness (QED) is 0.266. The minimum Gasteiger partial charge on any atom is -0.340 e. The van der Waals surface area contributed by atoms with E-state index in [9.17, 15) is 25.0 Å². The van der Waals surface area contributed by atoms with Crippen molar-refractivity contribution in [2.24, 2.45) is 0 Å². The van der Waals surface area contributed by atoms with Gasteiger partial charge < -0.3 is 10.6 Å². The van der Waals surface area contributed by atoms with E-state index in [-0.39, 0.29) is 5.56 Å². The second kappa shape index (κ2) is 8.96. The van der Waals surface area contributed by atoms with Crippen LogP contribution in [0.25, 0.3) is 10.9 Å². The Balaban J connectivity index is 1.66. The number of halogens is 1. The molecular formula is C21H13BrN6O5. The Labute approximate surface area is 193 Å². The second-order valence-electron chi connectivity index (χ2n) is 6.80. The molecule has 33 heavy (non-hydrogen) atoms. The molecule has 0 fully saturated rings. The van der Waals surface area contributed by atoms with Crippen LogP contribution in [0.4, 0.5) is 28.6 Å². The number of nitrogens with one attached hydrogen (secondary N) is 2. The highest BCUT2D eigenvalue weighted by molar-refractivity contribution is 9.10. The number of rotatable bonds is 6. The van der Waals surface area contributed by atoms with Gasteiger partial charge in [-0.1, -0.05) is 22.0 Å². The van der Waals surface area contributed by atoms with Crippen molar-refractivity contribution < 1.29 is 14.6 Å². The van der Waals surface area contributed by atoms with Crippen molar-refractivity contribution in [3.05, 3.63) is 97.3 Å². The Kier molecular flexibility index (Phi) is 5.91. The number of hydrogen-bond donors (Lipinski definition) is 2. The summed E-state index contributed by atoms with van der Waals surface area (Å²) >= 11 is 3.41. The first-order chi connectivity index (χ1) is 15.8. The van der Waals surface area contributed by atoms with Gasteiger partial charge in [0.2, 0.25) is 0 Å². The summed E-state index contributed by atoms with van der Waals surface area (Å²) in [7, 11) is 0. The van der Waals surface area contributed by atoms with Crippen molar-refractivity contribution in [2.75, 3.05) is 10.6 Å². The summed E-state index contributed by atoms with van der Waals surface area (Å²) in [5.41, 5.74) is 0.430. The van der Waals surface area contributed by atoms with E-state index >= 15 is 0 Å². The number of hydrogen-bond acceptors (Lipinski definition) is 8. The highest BCUT2D eigenvalue weighted by Crippen LogP contribution is 2.28. The van der Waals surface area contributed by atoms with E-state index in [0.29, 0.717) is 22.4 Å². The maximum absolute atomic E-state index is 12.7. The maximum Gasteiger partial charge on any atom is 0.277 e. The van der Waals surface area contributed by atoms with E-state index < -0.39 is 27.1 Å². The van der Waals surface area contributed by atoms with Crippen LogP contribution in [-0.2, 0) is 0 Å². The maximum atomic E-state index is 12.7. The first-order valence-electron chi connectivity index (χ1n) is 9.33. The minimum atomic E-state index is -0.795. The molecule has 0 unspecified atom stereocenters. The normalized spacial score (nSPS) is 10.6. The summed E-state index contributed by atoms with van der Waals surface area (Å²) in [6.45, 7) is 0. The zero-order valence-corrected chi connectivity index (χ0v) is 18.1. The highest BCUT2D eigenvalue weighted by Gasteiger charge is 2.20. The Morgan fingerprint density at radius 2 is 1.61 bits per heavy atom. The molecule has 0 aliphatic carbocycles. The lowest BCUT2D eigenvalue weighted by Gasteiger charge is -2.11. The van der Waals surface area contributed by atoms with Crippen molar-refractivity contribution in [3.63, 3.8) is 0 Å². The summed E-state index contributed by atoms with van der Waals surface area (Å²) in [5.74, 6) is -0.236. The second-order valence-corrected chi connectivity index (χ2v) is 7.71. The number of aromatic nitrogens is 2. The molecule has 0 aliphatic heterocycles. The Morgan fingerprint density at radius 3 is 2.27 bits per heavy atom. The molecule has 0 bridgehead atoms. The molecule has 0 saturated carbocycles. The van der Waals surface area contributed by atoms with Gasteiger partial charge in [0.15, 0.2) is 0 Å². The zero-order valence-electron chi connectivity index (χ0n) is 16.6. The van der Waals surface area contributed by atoms with Crippen LogP contribution >= 0.6 is 15.9 Å². The standard InChI is InChI=1S/C21H13BrN6O5/c22-13-2-1-3-14(8-13)25-20-18-9-15(4-5-19(18)23-11-24-20)26-21(29)12-6-16(27(30)31)10-17(7-12)28(32)33/h1-11H,(H,26,29)(H,23,24,25). The predicted octanol–water partition coefficient (Wildman–Crippen LogP) is 5.20. The van der Waals surface area contributed by atoms with Gasteiger partial charge in [0.05, 0.1) is 27.0 Å². The third-order valence-electron chi connectivity index (χ3n) is 4.57. The molecule has 1 amide bonds. The fraction of sp³-hybridized carbons (Fsp3) is 0. The van der Waals surface area contributed by atoms with Gasteiger partial charge in [-0.15, -0.1) is 0 Å². The van der Waals surface area contributed by atoms with Gasteiger partial charge in [-0.05, 0) is 36.4 Å². The van der Waals surface area contributed by atoms with E-state index in [1.165, 1.54) is 6.33 Å². The van der Waals surface area contributed by atoms with E-state index in [1.807, 2.05) is 24.3 Å². The van der Waals surface area contributed by atoms with E-state index in [0.717, 1.165) is 28.4 Å². The molecule has 12 heteroatoms. The Bertz CT molecular complexity index is 1400. The summed E-state index contributed by atoms with van der Waals surface area (Å²) in [6.07, 6.45) is 1.41. The van der Waals surface area contributed by atoms with Crippen molar-refractivity contribution in [1.29, 1.82) is 0 Å². The molecule has 164 valence electrons. The zero-order chi connectivity index (χ0) is 23.5. The lowest BCUT2D eigenvalue weighted by Crippen LogP contribution is -2.12. The van der Waals surface area contributed by atoms with Crippen LogP contribution in [0.1, 0.15) is 10.4 Å². The number of non-ortho nitro benzene ring substituents is 2. The van der Waals surface area contributed by atoms with Crippen LogP contribution < -0.4 is 10.6 Å². The summed E-state index contributed by atoms with van der Waals surface area (Å²) in [5, 5.41) is 28.6. The Morgan fingerprint density at radius 1 is 0.879 bits per heavy atom. The molecule has 1 aromatic heterocycles. The molecule has 1 heterocycles. The number of nitro groups is 2. The van der Waals surface area contributed by atoms with Gasteiger partial charge in [-0.25, -0.2) is 9.97 Å². The lowest BCUT2D eigenvalue weighted by atomic mass is 10.1. The van der Waals surface area contributed by atoms with Gasteiger partial charge in [0, 0.05) is 33.4 Å². The molecule has 0 spiro atoms. The van der Waals surface area contributed by atoms with Gasteiger partial charge in [0.25, 0.3) is 17.3 Å². The average molecular weight is 509 g/mol. The Hall–Kier alpha value is -4.45.